The van der Waals surface area contributed by atoms with Gasteiger partial charge in [-0.1, -0.05) is 91.7 Å². The van der Waals surface area contributed by atoms with Crippen LogP contribution in [-0.2, 0) is 24.9 Å². The molecule has 3 aromatic carbocycles. The van der Waals surface area contributed by atoms with Gasteiger partial charge in [0.1, 0.15) is 17.9 Å². The summed E-state index contributed by atoms with van der Waals surface area (Å²) >= 11 is 0. The first-order chi connectivity index (χ1) is 20.1. The van der Waals surface area contributed by atoms with Crippen molar-refractivity contribution in [2.45, 2.75) is 100 Å². The Balaban J connectivity index is 0.000000303. The fourth-order valence-electron chi connectivity index (χ4n) is 6.08. The molecule has 0 unspecified atom stereocenters. The molecule has 1 radical (unpaired) electrons. The van der Waals surface area contributed by atoms with E-state index in [-0.39, 0.29) is 42.9 Å². The average molecular weight is 774 g/mol. The molecular weight excluding hydrogens is 728 g/mol. The summed E-state index contributed by atoms with van der Waals surface area (Å²) in [6.45, 7) is 16.6. The van der Waals surface area contributed by atoms with E-state index >= 15 is 0 Å². The summed E-state index contributed by atoms with van der Waals surface area (Å²) in [6, 6.07) is 15.9. The molecule has 5 rings (SSSR count). The van der Waals surface area contributed by atoms with Crippen molar-refractivity contribution in [2.75, 3.05) is 0 Å². The molecule has 0 amide bonds. The normalized spacial score (nSPS) is 14.9. The zero-order valence-corrected chi connectivity index (χ0v) is 30.0. The van der Waals surface area contributed by atoms with Crippen molar-refractivity contribution in [1.82, 2.24) is 9.97 Å². The van der Waals surface area contributed by atoms with Gasteiger partial charge >= 0.3 is 0 Å². The largest absolute Gasteiger partial charge is 0.511 e. The van der Waals surface area contributed by atoms with E-state index in [2.05, 4.69) is 34.2 Å². The van der Waals surface area contributed by atoms with E-state index in [1.165, 1.54) is 37.7 Å². The van der Waals surface area contributed by atoms with E-state index < -0.39 is 5.41 Å². The number of ketones is 1. The third kappa shape index (κ3) is 7.64. The fourth-order valence-corrected chi connectivity index (χ4v) is 6.08. The van der Waals surface area contributed by atoms with Gasteiger partial charge in [-0.15, -0.1) is 35.4 Å². The molecule has 1 aliphatic carbocycles. The minimum atomic E-state index is -0.427. The Hall–Kier alpha value is -2.95. The summed E-state index contributed by atoms with van der Waals surface area (Å²) in [5, 5.41) is 12.7. The molecule has 1 heterocycles. The average Bonchev–Trinajstić information content (AvgIpc) is 2.98. The first-order valence-corrected chi connectivity index (χ1v) is 15.4. The number of rotatable bonds is 3. The van der Waals surface area contributed by atoms with Gasteiger partial charge in [-0.3, -0.25) is 9.78 Å². The number of Topliss-reactive ketones (excluding diaryl/α,β-unsaturated/α-hetero) is 1. The van der Waals surface area contributed by atoms with Crippen molar-refractivity contribution in [3.05, 3.63) is 82.6 Å². The van der Waals surface area contributed by atoms with Crippen LogP contribution in [0.3, 0.4) is 0 Å². The van der Waals surface area contributed by atoms with E-state index in [0.717, 1.165) is 32.9 Å². The van der Waals surface area contributed by atoms with E-state index in [9.17, 15) is 14.3 Å². The molecule has 0 atom stereocenters. The molecule has 1 saturated carbocycles. The van der Waals surface area contributed by atoms with Crippen LogP contribution in [0.2, 0.25) is 0 Å². The van der Waals surface area contributed by atoms with Crippen LogP contribution >= 0.6 is 0 Å². The number of aryl methyl sites for hydroxylation is 2. The van der Waals surface area contributed by atoms with Gasteiger partial charge in [0.25, 0.3) is 0 Å². The van der Waals surface area contributed by atoms with Crippen molar-refractivity contribution in [2.24, 2.45) is 10.8 Å². The first kappa shape index (κ1) is 35.5. The zero-order chi connectivity index (χ0) is 31.7. The Morgan fingerprint density at radius 3 is 2.18 bits per heavy atom. The standard InChI is InChI=1S/C26H24FN2.C12H22O2.Ir/c1-16-14-21-12-13-22-25(28-15-29-26(22)23(21)17(2)24(16)27)20-10-8-19(9-11-20)18-6-4-3-5-7-18;1-8(9(13)11(2,3)4)10(14)12(5,6)7;/h8-10,12-15,18H,3-7H2,1-2H3;13H,1-7H3;/q-1;;/b;9-8-;. The molecule has 1 N–H and O–H groups in total. The zero-order valence-electron chi connectivity index (χ0n) is 27.6. The molecule has 0 spiro atoms. The number of hydrogen-bond donors (Lipinski definition) is 1. The quantitative estimate of drug-likeness (QED) is 0.0975. The maximum absolute atomic E-state index is 14.6. The van der Waals surface area contributed by atoms with Gasteiger partial charge in [-0.25, -0.2) is 9.37 Å². The molecule has 4 aromatic rings. The Morgan fingerprint density at radius 1 is 0.955 bits per heavy atom. The van der Waals surface area contributed by atoms with Gasteiger partial charge in [-0.2, -0.15) is 0 Å². The molecule has 6 heteroatoms. The number of aliphatic hydroxyl groups excluding tert-OH is 1. The van der Waals surface area contributed by atoms with Gasteiger partial charge in [0.05, 0.1) is 5.52 Å². The summed E-state index contributed by atoms with van der Waals surface area (Å²) in [7, 11) is 0. The SMILES string of the molecule is C/C(C(=O)C(C)(C)C)=C(/O)C(C)(C)C.Cc1cc2ccc3c(-c4[c-]cc(C5CCCCC5)cc4)ncnc3c2c(C)c1F.[Ir]. The summed E-state index contributed by atoms with van der Waals surface area (Å²) in [6.07, 6.45) is 8.15. The maximum Gasteiger partial charge on any atom is 0.167 e. The summed E-state index contributed by atoms with van der Waals surface area (Å²) in [4.78, 5) is 20.9. The molecule has 1 aliphatic rings. The van der Waals surface area contributed by atoms with Crippen LogP contribution in [0.4, 0.5) is 4.39 Å². The van der Waals surface area contributed by atoms with E-state index in [1.54, 1.807) is 20.2 Å². The predicted octanol–water partition coefficient (Wildman–Crippen LogP) is 10.5. The monoisotopic (exact) mass is 774 g/mol. The molecule has 44 heavy (non-hydrogen) atoms. The summed E-state index contributed by atoms with van der Waals surface area (Å²) < 4.78 is 14.6. The van der Waals surface area contributed by atoms with Crippen molar-refractivity contribution in [3.8, 4) is 11.3 Å². The Morgan fingerprint density at radius 2 is 1.61 bits per heavy atom. The Bertz CT molecular complexity index is 1670. The van der Waals surface area contributed by atoms with Gasteiger partial charge < -0.3 is 5.11 Å². The number of carbonyl (C=O) groups is 1. The van der Waals surface area contributed by atoms with Crippen LogP contribution in [0.5, 0.6) is 0 Å². The van der Waals surface area contributed by atoms with Crippen molar-refractivity contribution in [3.63, 3.8) is 0 Å². The third-order valence-electron chi connectivity index (χ3n) is 8.52. The maximum atomic E-state index is 14.6. The Kier molecular flexibility index (Phi) is 11.3. The number of carbonyl (C=O) groups excluding carboxylic acids is 1. The topological polar surface area (TPSA) is 63.1 Å². The number of aromatic nitrogens is 2. The molecule has 237 valence electrons. The summed E-state index contributed by atoms with van der Waals surface area (Å²) in [5.41, 5.74) is 4.99. The molecule has 1 aromatic heterocycles. The number of nitrogens with zero attached hydrogens (tertiary/aromatic N) is 2. The molecule has 0 bridgehead atoms. The van der Waals surface area contributed by atoms with E-state index in [4.69, 9.17) is 0 Å². The van der Waals surface area contributed by atoms with Gasteiger partial charge in [-0.05, 0) is 54.4 Å². The van der Waals surface area contributed by atoms with Crippen LogP contribution in [-0.4, -0.2) is 20.9 Å². The van der Waals surface area contributed by atoms with Crippen LogP contribution < -0.4 is 0 Å². The number of fused-ring (bicyclic) bond motifs is 3. The van der Waals surface area contributed by atoms with Crippen LogP contribution in [0.25, 0.3) is 32.9 Å². The van der Waals surface area contributed by atoms with Gasteiger partial charge in [0.2, 0.25) is 0 Å². The second kappa shape index (κ2) is 14.0. The van der Waals surface area contributed by atoms with Crippen LogP contribution in [0.15, 0.2) is 54.1 Å². The molecule has 0 saturated heterocycles. The van der Waals surface area contributed by atoms with E-state index in [0.29, 0.717) is 22.6 Å². The summed E-state index contributed by atoms with van der Waals surface area (Å²) in [5.74, 6) is 0.699. The van der Waals surface area contributed by atoms with Crippen molar-refractivity contribution >= 4 is 27.5 Å². The molecule has 0 aliphatic heterocycles. The second-order valence-electron chi connectivity index (χ2n) is 14.1. The smallest absolute Gasteiger partial charge is 0.167 e. The van der Waals surface area contributed by atoms with Gasteiger partial charge in [0.15, 0.2) is 5.78 Å². The number of hydrogen-bond acceptors (Lipinski definition) is 4. The number of aliphatic hydroxyl groups is 1. The Labute approximate surface area is 275 Å². The molecule has 1 fully saturated rings. The van der Waals surface area contributed by atoms with Crippen LogP contribution in [0, 0.1) is 36.6 Å². The second-order valence-corrected chi connectivity index (χ2v) is 14.1. The number of benzene rings is 3. The predicted molar refractivity (Wildman–Crippen MR) is 176 cm³/mol. The molecule has 4 nitrogen and oxygen atoms in total. The fraction of sp³-hybridized carbons (Fsp3) is 0.447. The third-order valence-corrected chi connectivity index (χ3v) is 8.52. The van der Waals surface area contributed by atoms with E-state index in [1.807, 2.05) is 66.7 Å². The minimum absolute atomic E-state index is 0. The van der Waals surface area contributed by atoms with Crippen LogP contribution in [0.1, 0.15) is 103 Å². The molecular formula is C38H46FIrN2O2-. The van der Waals surface area contributed by atoms with Crippen molar-refractivity contribution < 1.29 is 34.4 Å². The minimum Gasteiger partial charge on any atom is -0.511 e. The first-order valence-electron chi connectivity index (χ1n) is 15.4. The van der Waals surface area contributed by atoms with Crippen molar-refractivity contribution in [1.29, 1.82) is 0 Å². The number of allylic oxidation sites excluding steroid dienone is 2. The number of halogens is 1. The van der Waals surface area contributed by atoms with Gasteiger partial charge in [0, 0.05) is 41.9 Å².